The summed E-state index contributed by atoms with van der Waals surface area (Å²) in [6.45, 7) is 6.61. The number of carbonyl (C=O) groups is 2. The Morgan fingerprint density at radius 2 is 1.93 bits per heavy atom. The van der Waals surface area contributed by atoms with Crippen molar-refractivity contribution in [2.24, 2.45) is 28.6 Å². The fraction of sp³-hybridized carbons (Fsp3) is 0.600. The van der Waals surface area contributed by atoms with Gasteiger partial charge in [0.2, 0.25) is 0 Å². The van der Waals surface area contributed by atoms with Crippen LogP contribution in [0.2, 0.25) is 0 Å². The lowest BCUT2D eigenvalue weighted by molar-refractivity contribution is -0.136. The van der Waals surface area contributed by atoms with E-state index in [0.717, 1.165) is 38.8 Å². The zero-order valence-corrected chi connectivity index (χ0v) is 24.3. The second kappa shape index (κ2) is 10.6. The summed E-state index contributed by atoms with van der Waals surface area (Å²) in [6, 6.07) is 9.20. The normalized spacial score (nSPS) is 35.0. The summed E-state index contributed by atoms with van der Waals surface area (Å²) in [7, 11) is 1.58. The molecule has 0 radical (unpaired) electrons. The Hall–Kier alpha value is -2.68. The lowest BCUT2D eigenvalue weighted by atomic mass is 9.47. The highest BCUT2D eigenvalue weighted by Gasteiger charge is 2.65. The van der Waals surface area contributed by atoms with Crippen LogP contribution in [0.5, 0.6) is 0 Å². The van der Waals surface area contributed by atoms with Crippen LogP contribution in [0.15, 0.2) is 47.1 Å². The van der Waals surface area contributed by atoms with E-state index in [1.807, 2.05) is 6.08 Å². The van der Waals surface area contributed by atoms with Crippen LogP contribution in [0.3, 0.4) is 0 Å². The molecule has 0 aromatic heterocycles. The predicted octanol–water partition coefficient (Wildman–Crippen LogP) is 5.63. The van der Waals surface area contributed by atoms with Gasteiger partial charge < -0.3 is 14.7 Å². The van der Waals surface area contributed by atoms with Crippen LogP contribution in [-0.2, 0) is 14.3 Å². The number of hydrogen-bond donors (Lipinski definition) is 1. The predicted molar refractivity (Wildman–Crippen MR) is 157 cm³/mol. The van der Waals surface area contributed by atoms with Crippen LogP contribution < -0.4 is 4.90 Å². The van der Waals surface area contributed by atoms with Gasteiger partial charge in [0.15, 0.2) is 11.6 Å². The number of carbonyl (C=O) groups excluding carboxylic acids is 2. The van der Waals surface area contributed by atoms with Gasteiger partial charge in [0.25, 0.3) is 0 Å². The number of fused-ring (bicyclic) bond motifs is 4. The van der Waals surface area contributed by atoms with Gasteiger partial charge in [0, 0.05) is 38.2 Å². The molecule has 0 spiro atoms. The molecule has 212 valence electrons. The third kappa shape index (κ3) is 4.22. The van der Waals surface area contributed by atoms with E-state index >= 15 is 0 Å². The van der Waals surface area contributed by atoms with Gasteiger partial charge in [0.05, 0.1) is 5.41 Å². The summed E-state index contributed by atoms with van der Waals surface area (Å²) >= 11 is 0. The zero-order valence-electron chi connectivity index (χ0n) is 24.3. The van der Waals surface area contributed by atoms with Crippen molar-refractivity contribution in [2.45, 2.75) is 71.1 Å². The van der Waals surface area contributed by atoms with Crippen LogP contribution >= 0.6 is 0 Å². The molecule has 1 aliphatic heterocycles. The molecule has 0 bridgehead atoms. The van der Waals surface area contributed by atoms with Crippen molar-refractivity contribution < 1.29 is 19.4 Å². The summed E-state index contributed by atoms with van der Waals surface area (Å²) in [5, 5.41) is 9.69. The average molecular weight is 542 g/mol. The maximum atomic E-state index is 13.9. The second-order valence-electron chi connectivity index (χ2n) is 13.1. The molecule has 1 heterocycles. The summed E-state index contributed by atoms with van der Waals surface area (Å²) in [4.78, 5) is 28.9. The summed E-state index contributed by atoms with van der Waals surface area (Å²) in [5.41, 5.74) is 5.61. The molecule has 6 atom stereocenters. The minimum atomic E-state index is -0.831. The number of hydrogen-bond acceptors (Lipinski definition) is 5. The number of aliphatic hydroxyl groups excluding tert-OH is 1. The first kappa shape index (κ1) is 27.5. The van der Waals surface area contributed by atoms with E-state index in [2.05, 4.69) is 54.9 Å². The van der Waals surface area contributed by atoms with Gasteiger partial charge in [-0.15, -0.1) is 0 Å². The Morgan fingerprint density at radius 3 is 2.62 bits per heavy atom. The summed E-state index contributed by atoms with van der Waals surface area (Å²) < 4.78 is 5.39. The summed E-state index contributed by atoms with van der Waals surface area (Å²) in [5.74, 6) is 7.73. The first-order chi connectivity index (χ1) is 19.3. The molecule has 5 nitrogen and oxygen atoms in total. The zero-order chi connectivity index (χ0) is 28.1. The SMILES string of the molecule is COCC(=O)[C@@]1(C#CCO)CC[C@H]2[C@@H]3CC(C)C4=CC(=O)CCC4=C3[C@@H](c3ccc(N4CCCC4)cc3)C[C@@]21C. The number of methoxy groups -OCH3 is 1. The van der Waals surface area contributed by atoms with E-state index < -0.39 is 5.41 Å². The van der Waals surface area contributed by atoms with Gasteiger partial charge in [-0.3, -0.25) is 9.59 Å². The number of Topliss-reactive ketones (excluding diaryl/α,β-unsaturated/α-hetero) is 1. The standard InChI is InChI=1S/C35H43NO4/c1-23-19-29-31-13-15-35(14-6-18-37,32(39)22-40-3)34(31,2)21-30(33(29)27-12-11-26(38)20-28(23)27)24-7-9-25(10-8-24)36-16-4-5-17-36/h7-10,20,23,29-31,37H,4-5,11-13,15-19,21-22H2,1-3H3/t23?,29-,30+,31-,34-,35+/m0/s1. The lowest BCUT2D eigenvalue weighted by Gasteiger charge is -2.55. The van der Waals surface area contributed by atoms with Crippen molar-refractivity contribution in [1.82, 2.24) is 0 Å². The number of rotatable bonds is 5. The molecule has 5 aliphatic rings. The number of aliphatic hydroxyl groups is 1. The van der Waals surface area contributed by atoms with E-state index in [4.69, 9.17) is 4.74 Å². The lowest BCUT2D eigenvalue weighted by Crippen LogP contribution is -2.52. The number of ether oxygens (including phenoxy) is 1. The van der Waals surface area contributed by atoms with Crippen LogP contribution in [0.4, 0.5) is 5.69 Å². The molecule has 6 rings (SSSR count). The molecule has 1 saturated heterocycles. The molecular formula is C35H43NO4. The maximum Gasteiger partial charge on any atom is 0.176 e. The third-order valence-electron chi connectivity index (χ3n) is 11.2. The molecule has 4 aliphatic carbocycles. The number of ketones is 2. The molecular weight excluding hydrogens is 498 g/mol. The Morgan fingerprint density at radius 1 is 1.18 bits per heavy atom. The maximum absolute atomic E-state index is 13.9. The Kier molecular flexibility index (Phi) is 7.30. The minimum absolute atomic E-state index is 0.0433. The Bertz CT molecular complexity index is 1310. The van der Waals surface area contributed by atoms with Crippen molar-refractivity contribution in [3.63, 3.8) is 0 Å². The van der Waals surface area contributed by atoms with E-state index in [0.29, 0.717) is 30.6 Å². The smallest absolute Gasteiger partial charge is 0.176 e. The highest BCUT2D eigenvalue weighted by atomic mass is 16.5. The summed E-state index contributed by atoms with van der Waals surface area (Å²) in [6.07, 6.45) is 9.33. The van der Waals surface area contributed by atoms with E-state index in [1.54, 1.807) is 7.11 Å². The van der Waals surface area contributed by atoms with E-state index in [9.17, 15) is 14.7 Å². The van der Waals surface area contributed by atoms with E-state index in [1.165, 1.54) is 40.8 Å². The molecule has 5 heteroatoms. The van der Waals surface area contributed by atoms with Crippen molar-refractivity contribution in [3.8, 4) is 11.8 Å². The van der Waals surface area contributed by atoms with Crippen molar-refractivity contribution in [1.29, 1.82) is 0 Å². The van der Waals surface area contributed by atoms with Crippen LogP contribution in [0, 0.1) is 40.4 Å². The van der Waals surface area contributed by atoms with Crippen LogP contribution in [0.25, 0.3) is 0 Å². The number of nitrogens with zero attached hydrogens (tertiary/aromatic N) is 1. The first-order valence-electron chi connectivity index (χ1n) is 15.3. The minimum Gasteiger partial charge on any atom is -0.384 e. The third-order valence-corrected chi connectivity index (χ3v) is 11.2. The molecule has 2 saturated carbocycles. The molecule has 40 heavy (non-hydrogen) atoms. The van der Waals surface area contributed by atoms with Gasteiger partial charge in [-0.1, -0.05) is 43.4 Å². The van der Waals surface area contributed by atoms with E-state index in [-0.39, 0.29) is 36.1 Å². The van der Waals surface area contributed by atoms with Gasteiger partial charge >= 0.3 is 0 Å². The first-order valence-corrected chi connectivity index (χ1v) is 15.3. The van der Waals surface area contributed by atoms with Crippen molar-refractivity contribution in [2.75, 3.05) is 38.3 Å². The molecule has 0 amide bonds. The number of anilines is 1. The molecule has 3 fully saturated rings. The highest BCUT2D eigenvalue weighted by molar-refractivity contribution is 5.93. The topological polar surface area (TPSA) is 66.8 Å². The van der Waals surface area contributed by atoms with Gasteiger partial charge in [-0.25, -0.2) is 0 Å². The Balaban J connectivity index is 1.50. The molecule has 1 unspecified atom stereocenters. The number of allylic oxidation sites excluding steroid dienone is 4. The average Bonchev–Trinajstić information content (AvgIpc) is 3.59. The second-order valence-corrected chi connectivity index (χ2v) is 13.1. The Labute approximate surface area is 239 Å². The molecule has 1 aromatic rings. The highest BCUT2D eigenvalue weighted by Crippen LogP contribution is 2.70. The van der Waals surface area contributed by atoms with Crippen molar-refractivity contribution >= 4 is 17.3 Å². The number of benzene rings is 1. The largest absolute Gasteiger partial charge is 0.384 e. The van der Waals surface area contributed by atoms with Gasteiger partial charge in [-0.2, -0.15) is 0 Å². The fourth-order valence-corrected chi connectivity index (χ4v) is 9.35. The monoisotopic (exact) mass is 541 g/mol. The quantitative estimate of drug-likeness (QED) is 0.490. The fourth-order valence-electron chi connectivity index (χ4n) is 9.35. The van der Waals surface area contributed by atoms with Crippen LogP contribution in [0.1, 0.15) is 76.7 Å². The molecule has 1 N–H and O–H groups in total. The van der Waals surface area contributed by atoms with Crippen LogP contribution in [-0.4, -0.2) is 50.1 Å². The van der Waals surface area contributed by atoms with Gasteiger partial charge in [0.1, 0.15) is 13.2 Å². The van der Waals surface area contributed by atoms with Crippen molar-refractivity contribution in [3.05, 3.63) is 52.6 Å². The van der Waals surface area contributed by atoms with Gasteiger partial charge in [-0.05, 0) is 103 Å². The molecule has 1 aromatic carbocycles.